The summed E-state index contributed by atoms with van der Waals surface area (Å²) in [6, 6.07) is 20.4. The van der Waals surface area contributed by atoms with E-state index in [4.69, 9.17) is 0 Å². The minimum Gasteiger partial charge on any atom is -0.269 e. The summed E-state index contributed by atoms with van der Waals surface area (Å²) in [7, 11) is -1.98. The fourth-order valence-electron chi connectivity index (χ4n) is 2.38. The topological polar surface area (TPSA) is 37.4 Å². The summed E-state index contributed by atoms with van der Waals surface area (Å²) in [6.07, 6.45) is 0. The first-order valence-corrected chi connectivity index (χ1v) is 8.47. The number of hydrogen-bond acceptors (Lipinski definition) is 2. The highest BCUT2D eigenvalue weighted by Gasteiger charge is 2.21. The van der Waals surface area contributed by atoms with Crippen LogP contribution in [-0.2, 0) is 10.0 Å². The van der Waals surface area contributed by atoms with Gasteiger partial charge < -0.3 is 0 Å². The predicted molar refractivity (Wildman–Crippen MR) is 90.7 cm³/mol. The van der Waals surface area contributed by atoms with Crippen LogP contribution in [0.2, 0.25) is 0 Å². The molecule has 0 bridgehead atoms. The first kappa shape index (κ1) is 14.6. The number of sulfonamides is 1. The van der Waals surface area contributed by atoms with Crippen molar-refractivity contribution in [3.8, 4) is 0 Å². The van der Waals surface area contributed by atoms with Crippen LogP contribution in [0.25, 0.3) is 10.8 Å². The largest absolute Gasteiger partial charge is 0.269 e. The number of anilines is 1. The second kappa shape index (κ2) is 5.46. The van der Waals surface area contributed by atoms with Crippen molar-refractivity contribution in [2.45, 2.75) is 11.8 Å². The minimum atomic E-state index is -3.56. The van der Waals surface area contributed by atoms with Crippen molar-refractivity contribution in [2.75, 3.05) is 11.4 Å². The Hall–Kier alpha value is -2.33. The molecule has 4 heteroatoms. The van der Waals surface area contributed by atoms with Gasteiger partial charge in [-0.3, -0.25) is 4.31 Å². The smallest absolute Gasteiger partial charge is 0.264 e. The summed E-state index contributed by atoms with van der Waals surface area (Å²) >= 11 is 0. The van der Waals surface area contributed by atoms with Crippen molar-refractivity contribution in [2.24, 2.45) is 0 Å². The molecular weight excluding hydrogens is 294 g/mol. The molecule has 0 unspecified atom stereocenters. The van der Waals surface area contributed by atoms with Gasteiger partial charge in [-0.15, -0.1) is 0 Å². The molecule has 0 aliphatic rings. The molecule has 0 aliphatic carbocycles. The summed E-state index contributed by atoms with van der Waals surface area (Å²) in [4.78, 5) is 0.300. The molecule has 3 nitrogen and oxygen atoms in total. The van der Waals surface area contributed by atoms with E-state index in [1.807, 2.05) is 61.5 Å². The molecule has 3 aromatic carbocycles. The Morgan fingerprint density at radius 2 is 1.45 bits per heavy atom. The van der Waals surface area contributed by atoms with Gasteiger partial charge in [-0.25, -0.2) is 8.42 Å². The maximum absolute atomic E-state index is 12.8. The van der Waals surface area contributed by atoms with Crippen molar-refractivity contribution >= 4 is 26.5 Å². The summed E-state index contributed by atoms with van der Waals surface area (Å²) in [5, 5.41) is 1.94. The van der Waals surface area contributed by atoms with Gasteiger partial charge in [-0.1, -0.05) is 48.0 Å². The van der Waals surface area contributed by atoms with E-state index in [0.29, 0.717) is 10.6 Å². The SMILES string of the molecule is Cc1ccc(N(C)S(=O)(=O)c2ccc3ccccc3c2)cc1. The molecule has 0 aliphatic heterocycles. The van der Waals surface area contributed by atoms with E-state index < -0.39 is 10.0 Å². The average molecular weight is 311 g/mol. The van der Waals surface area contributed by atoms with E-state index in [9.17, 15) is 8.42 Å². The fourth-order valence-corrected chi connectivity index (χ4v) is 3.61. The molecule has 112 valence electrons. The van der Waals surface area contributed by atoms with Gasteiger partial charge in [0.05, 0.1) is 10.6 Å². The van der Waals surface area contributed by atoms with Crippen LogP contribution in [-0.4, -0.2) is 15.5 Å². The molecule has 0 heterocycles. The third-order valence-electron chi connectivity index (χ3n) is 3.78. The van der Waals surface area contributed by atoms with Gasteiger partial charge in [0.25, 0.3) is 10.0 Å². The fraction of sp³-hybridized carbons (Fsp3) is 0.111. The van der Waals surface area contributed by atoms with E-state index in [1.165, 1.54) is 4.31 Å². The third kappa shape index (κ3) is 2.57. The molecular formula is C18H17NO2S. The highest BCUT2D eigenvalue weighted by atomic mass is 32.2. The zero-order valence-electron chi connectivity index (χ0n) is 12.5. The van der Waals surface area contributed by atoms with E-state index in [2.05, 4.69) is 0 Å². The van der Waals surface area contributed by atoms with Crippen molar-refractivity contribution in [1.82, 2.24) is 0 Å². The summed E-state index contributed by atoms with van der Waals surface area (Å²) in [5.41, 5.74) is 1.75. The average Bonchev–Trinajstić information content (AvgIpc) is 2.54. The molecule has 3 rings (SSSR count). The van der Waals surface area contributed by atoms with Crippen molar-refractivity contribution in [3.05, 3.63) is 72.3 Å². The Morgan fingerprint density at radius 3 is 2.14 bits per heavy atom. The lowest BCUT2D eigenvalue weighted by molar-refractivity contribution is 0.594. The van der Waals surface area contributed by atoms with Crippen LogP contribution in [0.4, 0.5) is 5.69 Å². The van der Waals surface area contributed by atoms with Crippen LogP contribution in [0.15, 0.2) is 71.6 Å². The van der Waals surface area contributed by atoms with Gasteiger partial charge in [0.15, 0.2) is 0 Å². The van der Waals surface area contributed by atoms with Crippen molar-refractivity contribution in [1.29, 1.82) is 0 Å². The summed E-state index contributed by atoms with van der Waals surface area (Å²) < 4.78 is 26.9. The van der Waals surface area contributed by atoms with Crippen LogP contribution in [0.3, 0.4) is 0 Å². The molecule has 0 spiro atoms. The Balaban J connectivity index is 2.05. The molecule has 0 aromatic heterocycles. The van der Waals surface area contributed by atoms with Gasteiger partial charge >= 0.3 is 0 Å². The van der Waals surface area contributed by atoms with Gasteiger partial charge in [0.1, 0.15) is 0 Å². The zero-order chi connectivity index (χ0) is 15.7. The molecule has 0 amide bonds. The third-order valence-corrected chi connectivity index (χ3v) is 5.56. The first-order chi connectivity index (χ1) is 10.5. The van der Waals surface area contributed by atoms with Crippen LogP contribution in [0.1, 0.15) is 5.56 Å². The van der Waals surface area contributed by atoms with Crippen molar-refractivity contribution in [3.63, 3.8) is 0 Å². The predicted octanol–water partition coefficient (Wildman–Crippen LogP) is 3.97. The van der Waals surface area contributed by atoms with Gasteiger partial charge in [-0.2, -0.15) is 0 Å². The minimum absolute atomic E-state index is 0.300. The maximum atomic E-state index is 12.8. The Morgan fingerprint density at radius 1 is 0.818 bits per heavy atom. The van der Waals surface area contributed by atoms with E-state index in [1.54, 1.807) is 19.2 Å². The molecule has 22 heavy (non-hydrogen) atoms. The molecule has 3 aromatic rings. The highest BCUT2D eigenvalue weighted by molar-refractivity contribution is 7.92. The second-order valence-electron chi connectivity index (χ2n) is 5.32. The lowest BCUT2D eigenvalue weighted by Gasteiger charge is -2.20. The van der Waals surface area contributed by atoms with E-state index >= 15 is 0 Å². The molecule has 0 saturated heterocycles. The quantitative estimate of drug-likeness (QED) is 0.734. The number of benzene rings is 3. The van der Waals surface area contributed by atoms with E-state index in [0.717, 1.165) is 16.3 Å². The van der Waals surface area contributed by atoms with Gasteiger partial charge in [0.2, 0.25) is 0 Å². The first-order valence-electron chi connectivity index (χ1n) is 7.03. The molecule has 0 N–H and O–H groups in total. The standard InChI is InChI=1S/C18H17NO2S/c1-14-7-10-17(11-8-14)19(2)22(20,21)18-12-9-15-5-3-4-6-16(15)13-18/h3-13H,1-2H3. The van der Waals surface area contributed by atoms with Gasteiger partial charge in [0, 0.05) is 7.05 Å². The maximum Gasteiger partial charge on any atom is 0.264 e. The Labute approximate surface area is 130 Å². The number of rotatable bonds is 3. The number of aryl methyl sites for hydroxylation is 1. The lowest BCUT2D eigenvalue weighted by atomic mass is 10.1. The van der Waals surface area contributed by atoms with Crippen LogP contribution in [0, 0.1) is 6.92 Å². The second-order valence-corrected chi connectivity index (χ2v) is 7.29. The van der Waals surface area contributed by atoms with Gasteiger partial charge in [-0.05, 0) is 42.0 Å². The number of fused-ring (bicyclic) bond motifs is 1. The van der Waals surface area contributed by atoms with Crippen LogP contribution in [0.5, 0.6) is 0 Å². The van der Waals surface area contributed by atoms with Crippen molar-refractivity contribution < 1.29 is 8.42 Å². The normalized spacial score (nSPS) is 11.5. The van der Waals surface area contributed by atoms with E-state index in [-0.39, 0.29) is 0 Å². The summed E-state index contributed by atoms with van der Waals surface area (Å²) in [6.45, 7) is 1.97. The van der Waals surface area contributed by atoms with Crippen LogP contribution >= 0.6 is 0 Å². The lowest BCUT2D eigenvalue weighted by Crippen LogP contribution is -2.26. The monoisotopic (exact) mass is 311 g/mol. The molecule has 0 atom stereocenters. The Bertz CT molecular complexity index is 915. The highest BCUT2D eigenvalue weighted by Crippen LogP contribution is 2.25. The summed E-state index contributed by atoms with van der Waals surface area (Å²) in [5.74, 6) is 0. The number of hydrogen-bond donors (Lipinski definition) is 0. The Kier molecular flexibility index (Phi) is 3.62. The molecule has 0 radical (unpaired) electrons. The van der Waals surface area contributed by atoms with Crippen LogP contribution < -0.4 is 4.31 Å². The molecule has 0 fully saturated rings. The molecule has 0 saturated carbocycles. The zero-order valence-corrected chi connectivity index (χ0v) is 13.3. The number of nitrogens with zero attached hydrogens (tertiary/aromatic N) is 1.